The molecule has 0 aromatic rings. The molecule has 0 aliphatic rings. The van der Waals surface area contributed by atoms with Crippen molar-refractivity contribution >= 4 is 24.3 Å². The van der Waals surface area contributed by atoms with Crippen molar-refractivity contribution in [2.45, 2.75) is 33.6 Å². The zero-order chi connectivity index (χ0) is 10.6. The molecule has 0 aromatic heterocycles. The molecule has 0 radical (unpaired) electrons. The molecule has 4 heteroatoms. The van der Waals surface area contributed by atoms with Gasteiger partial charge in [0.05, 0.1) is 0 Å². The number of hydrogen-bond acceptors (Lipinski definition) is 3. The Labute approximate surface area is 80.1 Å². The second-order valence-electron chi connectivity index (χ2n) is 2.05. The maximum Gasteiger partial charge on any atom is 0.300 e. The number of aliphatic carboxylic acids is 1. The third-order valence-corrected chi connectivity index (χ3v) is 0.625. The van der Waals surface area contributed by atoms with Crippen LogP contribution in [-0.2, 0) is 4.79 Å². The molecule has 0 aliphatic carbocycles. The second-order valence-corrected chi connectivity index (χ2v) is 2.05. The van der Waals surface area contributed by atoms with Gasteiger partial charge in [-0.1, -0.05) is 13.3 Å². The van der Waals surface area contributed by atoms with Gasteiger partial charge >= 0.3 is 0 Å². The van der Waals surface area contributed by atoms with E-state index in [2.05, 4.69) is 19.6 Å². The summed E-state index contributed by atoms with van der Waals surface area (Å²) in [5.74, 6) is -0.833. The minimum atomic E-state index is -0.833. The summed E-state index contributed by atoms with van der Waals surface area (Å²) < 4.78 is 0. The SMILES string of the molecule is CC(=O)O.CCCC(C)=N.CS. The molecule has 74 valence electrons. The van der Waals surface area contributed by atoms with Crippen molar-refractivity contribution < 1.29 is 9.90 Å². The van der Waals surface area contributed by atoms with Crippen LogP contribution >= 0.6 is 12.6 Å². The van der Waals surface area contributed by atoms with Gasteiger partial charge in [-0.2, -0.15) is 12.6 Å². The number of rotatable bonds is 2. The van der Waals surface area contributed by atoms with Gasteiger partial charge in [-0.05, 0) is 19.6 Å². The molecule has 0 fully saturated rings. The average Bonchev–Trinajstić information content (AvgIpc) is 1.90. The lowest BCUT2D eigenvalue weighted by Crippen LogP contribution is -1.82. The largest absolute Gasteiger partial charge is 0.481 e. The van der Waals surface area contributed by atoms with Crippen molar-refractivity contribution in [3.8, 4) is 0 Å². The summed E-state index contributed by atoms with van der Waals surface area (Å²) in [6.07, 6.45) is 3.76. The van der Waals surface area contributed by atoms with Crippen molar-refractivity contribution in [2.24, 2.45) is 0 Å². The summed E-state index contributed by atoms with van der Waals surface area (Å²) in [6, 6.07) is 0. The third kappa shape index (κ3) is 110. The standard InChI is InChI=1S/C5H11N.C2H4O2.CH4S/c1-3-4-5(2)6;1-2(3)4;1-2/h6H,3-4H2,1-2H3;1H3,(H,3,4);2H,1H3. The molecule has 0 amide bonds. The Balaban J connectivity index is -0.000000118. The van der Waals surface area contributed by atoms with Crippen LogP contribution < -0.4 is 0 Å². The molecule has 2 N–H and O–H groups in total. The number of carbonyl (C=O) groups is 1. The second kappa shape index (κ2) is 16.8. The van der Waals surface area contributed by atoms with E-state index in [1.807, 2.05) is 6.92 Å². The topological polar surface area (TPSA) is 61.1 Å². The first-order valence-corrected chi connectivity index (χ1v) is 4.58. The van der Waals surface area contributed by atoms with Gasteiger partial charge in [0, 0.05) is 12.6 Å². The zero-order valence-corrected chi connectivity index (χ0v) is 9.11. The highest BCUT2D eigenvalue weighted by Gasteiger charge is 1.78. The first-order chi connectivity index (χ1) is 5.50. The summed E-state index contributed by atoms with van der Waals surface area (Å²) in [4.78, 5) is 9.00. The van der Waals surface area contributed by atoms with Crippen molar-refractivity contribution in [3.05, 3.63) is 0 Å². The molecule has 0 heterocycles. The van der Waals surface area contributed by atoms with Crippen LogP contribution in [0, 0.1) is 5.41 Å². The lowest BCUT2D eigenvalue weighted by Gasteiger charge is -1.85. The maximum absolute atomic E-state index is 9.00. The molecule has 12 heavy (non-hydrogen) atoms. The predicted octanol–water partition coefficient (Wildman–Crippen LogP) is 2.46. The first-order valence-electron chi connectivity index (χ1n) is 3.69. The number of hydrogen-bond donors (Lipinski definition) is 3. The van der Waals surface area contributed by atoms with Crippen LogP contribution in [0.5, 0.6) is 0 Å². The molecule has 0 unspecified atom stereocenters. The summed E-state index contributed by atoms with van der Waals surface area (Å²) in [5, 5.41) is 14.3. The quantitative estimate of drug-likeness (QED) is 0.466. The van der Waals surface area contributed by atoms with E-state index in [-0.39, 0.29) is 0 Å². The van der Waals surface area contributed by atoms with Gasteiger partial charge in [-0.15, -0.1) is 0 Å². The lowest BCUT2D eigenvalue weighted by atomic mass is 10.2. The van der Waals surface area contributed by atoms with Crippen LogP contribution in [0.1, 0.15) is 33.6 Å². The number of carboxylic acid groups (broad SMARTS) is 1. The summed E-state index contributed by atoms with van der Waals surface area (Å²) >= 11 is 3.53. The smallest absolute Gasteiger partial charge is 0.300 e. The number of carboxylic acids is 1. The molecular formula is C8H19NO2S. The molecule has 0 bridgehead atoms. The van der Waals surface area contributed by atoms with Gasteiger partial charge in [-0.25, -0.2) is 0 Å². The Hall–Kier alpha value is -0.510. The maximum atomic E-state index is 9.00. The molecule has 0 aromatic carbocycles. The van der Waals surface area contributed by atoms with E-state index in [0.29, 0.717) is 0 Å². The van der Waals surface area contributed by atoms with E-state index in [4.69, 9.17) is 15.3 Å². The van der Waals surface area contributed by atoms with Crippen LogP contribution in [0.2, 0.25) is 0 Å². The Kier molecular flexibility index (Phi) is 24.6. The molecule has 0 rings (SSSR count). The van der Waals surface area contributed by atoms with Crippen molar-refractivity contribution in [1.29, 1.82) is 5.41 Å². The molecule has 0 saturated carbocycles. The van der Waals surface area contributed by atoms with Crippen LogP contribution in [-0.4, -0.2) is 23.0 Å². The Bertz CT molecular complexity index is 112. The fourth-order valence-corrected chi connectivity index (χ4v) is 0.375. The minimum Gasteiger partial charge on any atom is -0.481 e. The van der Waals surface area contributed by atoms with Gasteiger partial charge in [0.1, 0.15) is 0 Å². The minimum absolute atomic E-state index is 0.789. The van der Waals surface area contributed by atoms with E-state index >= 15 is 0 Å². The van der Waals surface area contributed by atoms with Crippen LogP contribution in [0.4, 0.5) is 0 Å². The fraction of sp³-hybridized carbons (Fsp3) is 0.750. The summed E-state index contributed by atoms with van der Waals surface area (Å²) in [7, 11) is 0. The first kappa shape index (κ1) is 17.5. The summed E-state index contributed by atoms with van der Waals surface area (Å²) in [5.41, 5.74) is 0.789. The normalized spacial score (nSPS) is 6.75. The molecule has 0 atom stereocenters. The predicted molar refractivity (Wildman–Crippen MR) is 56.5 cm³/mol. The summed E-state index contributed by atoms with van der Waals surface area (Å²) in [6.45, 7) is 5.00. The van der Waals surface area contributed by atoms with Gasteiger partial charge in [-0.3, -0.25) is 4.79 Å². The van der Waals surface area contributed by atoms with Crippen LogP contribution in [0.3, 0.4) is 0 Å². The monoisotopic (exact) mass is 193 g/mol. The zero-order valence-electron chi connectivity index (χ0n) is 8.22. The number of nitrogens with one attached hydrogen (secondary N) is 1. The Morgan fingerprint density at radius 2 is 1.67 bits per heavy atom. The molecule has 0 spiro atoms. The van der Waals surface area contributed by atoms with Crippen LogP contribution in [0.15, 0.2) is 0 Å². The molecule has 3 nitrogen and oxygen atoms in total. The van der Waals surface area contributed by atoms with E-state index in [0.717, 1.165) is 25.5 Å². The Morgan fingerprint density at radius 3 is 1.67 bits per heavy atom. The highest BCUT2D eigenvalue weighted by Crippen LogP contribution is 1.85. The van der Waals surface area contributed by atoms with E-state index in [1.54, 1.807) is 6.26 Å². The van der Waals surface area contributed by atoms with Gasteiger partial charge in [0.15, 0.2) is 0 Å². The third-order valence-electron chi connectivity index (χ3n) is 0.625. The molecule has 0 aliphatic heterocycles. The van der Waals surface area contributed by atoms with E-state index < -0.39 is 5.97 Å². The van der Waals surface area contributed by atoms with Crippen molar-refractivity contribution in [2.75, 3.05) is 6.26 Å². The van der Waals surface area contributed by atoms with Crippen LogP contribution in [0.25, 0.3) is 0 Å². The van der Waals surface area contributed by atoms with Gasteiger partial charge < -0.3 is 10.5 Å². The number of thiol groups is 1. The van der Waals surface area contributed by atoms with E-state index in [9.17, 15) is 0 Å². The fourth-order valence-electron chi connectivity index (χ4n) is 0.375. The molecular weight excluding hydrogens is 174 g/mol. The van der Waals surface area contributed by atoms with Crippen molar-refractivity contribution in [1.82, 2.24) is 0 Å². The average molecular weight is 193 g/mol. The van der Waals surface area contributed by atoms with E-state index in [1.165, 1.54) is 0 Å². The highest BCUT2D eigenvalue weighted by molar-refractivity contribution is 7.79. The lowest BCUT2D eigenvalue weighted by molar-refractivity contribution is -0.134. The van der Waals surface area contributed by atoms with Gasteiger partial charge in [0.2, 0.25) is 0 Å². The highest BCUT2D eigenvalue weighted by atomic mass is 32.1. The molecule has 0 saturated heterocycles. The Morgan fingerprint density at radius 1 is 1.42 bits per heavy atom. The van der Waals surface area contributed by atoms with Crippen molar-refractivity contribution in [3.63, 3.8) is 0 Å². The van der Waals surface area contributed by atoms with Gasteiger partial charge in [0.25, 0.3) is 5.97 Å².